The summed E-state index contributed by atoms with van der Waals surface area (Å²) in [6.07, 6.45) is 0. The van der Waals surface area contributed by atoms with Gasteiger partial charge in [0.05, 0.1) is 12.3 Å². The molecule has 0 fully saturated rings. The number of nitrogens with zero attached hydrogens (tertiary/aromatic N) is 2. The second-order valence-electron chi connectivity index (χ2n) is 2.43. The van der Waals surface area contributed by atoms with Gasteiger partial charge >= 0.3 is 5.97 Å². The summed E-state index contributed by atoms with van der Waals surface area (Å²) in [6, 6.07) is 0. The number of carbonyl (C=O) groups excluding carboxylic acids is 1. The molecule has 0 atom stereocenters. The van der Waals surface area contributed by atoms with Crippen LogP contribution in [0.25, 0.3) is 0 Å². The second kappa shape index (κ2) is 3.38. The molecule has 4 heteroatoms. The zero-order valence-corrected chi connectivity index (χ0v) is 7.42. The van der Waals surface area contributed by atoms with Gasteiger partial charge in [0.15, 0.2) is 5.70 Å². The molecule has 1 heterocycles. The molecule has 0 bridgehead atoms. The summed E-state index contributed by atoms with van der Waals surface area (Å²) < 4.78 is 4.78. The van der Waals surface area contributed by atoms with Gasteiger partial charge in [-0.25, -0.2) is 15.1 Å². The number of hydrogen-bond donors (Lipinski definition) is 0. The summed E-state index contributed by atoms with van der Waals surface area (Å²) in [5.74, 6) is 0.214. The fraction of sp³-hybridized carbons (Fsp3) is 0.500. The molecule has 65 valence electrons. The molecule has 1 radical (unpaired) electrons. The zero-order chi connectivity index (χ0) is 9.14. The molecule has 0 amide bonds. The standard InChI is InChI=1S/C8H11N2O2/c1-4-12-8(11)7-5(2)9-6(3)10-7/h4H2,1-3H3. The van der Waals surface area contributed by atoms with Crippen molar-refractivity contribution < 1.29 is 9.53 Å². The van der Waals surface area contributed by atoms with Gasteiger partial charge in [0.2, 0.25) is 0 Å². The monoisotopic (exact) mass is 167 g/mol. The quantitative estimate of drug-likeness (QED) is 0.571. The van der Waals surface area contributed by atoms with E-state index in [1.165, 1.54) is 0 Å². The van der Waals surface area contributed by atoms with Crippen LogP contribution in [-0.2, 0) is 9.53 Å². The van der Waals surface area contributed by atoms with Crippen molar-refractivity contribution in [1.29, 1.82) is 0 Å². The van der Waals surface area contributed by atoms with Crippen LogP contribution in [0, 0.1) is 0 Å². The molecule has 12 heavy (non-hydrogen) atoms. The van der Waals surface area contributed by atoms with Crippen molar-refractivity contribution >= 4 is 11.8 Å². The molecule has 1 aliphatic rings. The van der Waals surface area contributed by atoms with Crippen molar-refractivity contribution in [3.63, 3.8) is 0 Å². The first kappa shape index (κ1) is 8.77. The number of allylic oxidation sites excluding steroid dienone is 1. The first-order chi connectivity index (χ1) is 5.65. The molecule has 0 N–H and O–H groups in total. The van der Waals surface area contributed by atoms with E-state index in [1.54, 1.807) is 20.8 Å². The Labute approximate surface area is 71.3 Å². The molecule has 0 aromatic heterocycles. The molecule has 0 aliphatic carbocycles. The van der Waals surface area contributed by atoms with Crippen LogP contribution in [0.2, 0.25) is 0 Å². The SMILES string of the molecule is CCOC(=O)C1=C(C)N=C(C)[N]1. The molecule has 0 unspecified atom stereocenters. The summed E-state index contributed by atoms with van der Waals surface area (Å²) in [7, 11) is 0. The highest BCUT2D eigenvalue weighted by molar-refractivity contribution is 5.98. The maximum atomic E-state index is 11.2. The first-order valence-corrected chi connectivity index (χ1v) is 3.80. The average molecular weight is 167 g/mol. The van der Waals surface area contributed by atoms with Crippen molar-refractivity contribution in [2.75, 3.05) is 6.61 Å². The van der Waals surface area contributed by atoms with Crippen LogP contribution in [0.5, 0.6) is 0 Å². The van der Waals surface area contributed by atoms with Gasteiger partial charge in [-0.2, -0.15) is 0 Å². The molecule has 0 aromatic rings. The second-order valence-corrected chi connectivity index (χ2v) is 2.43. The summed E-state index contributed by atoms with van der Waals surface area (Å²) in [4.78, 5) is 15.2. The van der Waals surface area contributed by atoms with Gasteiger partial charge in [0, 0.05) is 0 Å². The van der Waals surface area contributed by atoms with Crippen LogP contribution < -0.4 is 5.32 Å². The Morgan fingerprint density at radius 2 is 2.17 bits per heavy atom. The van der Waals surface area contributed by atoms with Crippen LogP contribution in [-0.4, -0.2) is 18.4 Å². The summed E-state index contributed by atoms with van der Waals surface area (Å²) in [5.41, 5.74) is 0.959. The molecule has 4 nitrogen and oxygen atoms in total. The van der Waals surface area contributed by atoms with Gasteiger partial charge in [-0.3, -0.25) is 0 Å². The van der Waals surface area contributed by atoms with E-state index in [1.807, 2.05) is 0 Å². The maximum absolute atomic E-state index is 11.2. The van der Waals surface area contributed by atoms with Crippen molar-refractivity contribution in [3.8, 4) is 0 Å². The number of esters is 1. The van der Waals surface area contributed by atoms with E-state index in [2.05, 4.69) is 10.3 Å². The van der Waals surface area contributed by atoms with Crippen LogP contribution >= 0.6 is 0 Å². The Morgan fingerprint density at radius 1 is 1.50 bits per heavy atom. The molecular formula is C8H11N2O2. The normalized spacial score (nSPS) is 15.8. The zero-order valence-electron chi connectivity index (χ0n) is 7.42. The Hall–Kier alpha value is -1.32. The van der Waals surface area contributed by atoms with E-state index >= 15 is 0 Å². The fourth-order valence-corrected chi connectivity index (χ4v) is 0.956. The van der Waals surface area contributed by atoms with Gasteiger partial charge in [-0.15, -0.1) is 0 Å². The molecular weight excluding hydrogens is 156 g/mol. The van der Waals surface area contributed by atoms with Gasteiger partial charge in [0.25, 0.3) is 0 Å². The summed E-state index contributed by atoms with van der Waals surface area (Å²) >= 11 is 0. The van der Waals surface area contributed by atoms with E-state index in [4.69, 9.17) is 4.74 Å². The average Bonchev–Trinajstić information content (AvgIpc) is 2.30. The minimum absolute atomic E-state index is 0.328. The van der Waals surface area contributed by atoms with Crippen molar-refractivity contribution in [2.45, 2.75) is 20.8 Å². The third kappa shape index (κ3) is 1.64. The Balaban J connectivity index is 2.68. The largest absolute Gasteiger partial charge is 0.461 e. The Bertz CT molecular complexity index is 266. The number of hydrogen-bond acceptors (Lipinski definition) is 3. The Kier molecular flexibility index (Phi) is 2.47. The van der Waals surface area contributed by atoms with Crippen molar-refractivity contribution in [2.24, 2.45) is 4.99 Å². The minimum Gasteiger partial charge on any atom is -0.461 e. The lowest BCUT2D eigenvalue weighted by Crippen LogP contribution is -2.17. The van der Waals surface area contributed by atoms with Gasteiger partial charge in [-0.05, 0) is 20.8 Å². The molecule has 0 saturated heterocycles. The van der Waals surface area contributed by atoms with E-state index in [0.717, 1.165) is 0 Å². The number of aliphatic imine (C=N–C) groups is 1. The number of amidine groups is 1. The van der Waals surface area contributed by atoms with Gasteiger partial charge in [-0.1, -0.05) is 0 Å². The lowest BCUT2D eigenvalue weighted by molar-refractivity contribution is -0.138. The third-order valence-electron chi connectivity index (χ3n) is 1.41. The highest BCUT2D eigenvalue weighted by Gasteiger charge is 2.21. The van der Waals surface area contributed by atoms with Crippen LogP contribution in [0.4, 0.5) is 0 Å². The predicted octanol–water partition coefficient (Wildman–Crippen LogP) is 0.817. The lowest BCUT2D eigenvalue weighted by Gasteiger charge is -2.01. The number of rotatable bonds is 2. The fourth-order valence-electron chi connectivity index (χ4n) is 0.956. The lowest BCUT2D eigenvalue weighted by atomic mass is 10.4. The summed E-state index contributed by atoms with van der Waals surface area (Å²) in [6.45, 7) is 5.61. The van der Waals surface area contributed by atoms with Crippen molar-refractivity contribution in [1.82, 2.24) is 5.32 Å². The van der Waals surface area contributed by atoms with E-state index in [-0.39, 0.29) is 0 Å². The van der Waals surface area contributed by atoms with Gasteiger partial charge in [0.1, 0.15) is 5.84 Å². The van der Waals surface area contributed by atoms with E-state index in [0.29, 0.717) is 23.8 Å². The van der Waals surface area contributed by atoms with Gasteiger partial charge < -0.3 is 4.74 Å². The molecule has 0 saturated carbocycles. The molecule has 0 aromatic carbocycles. The Morgan fingerprint density at radius 3 is 2.58 bits per heavy atom. The third-order valence-corrected chi connectivity index (χ3v) is 1.41. The molecule has 0 spiro atoms. The summed E-state index contributed by atoms with van der Waals surface area (Å²) in [5, 5.41) is 3.94. The highest BCUT2D eigenvalue weighted by Crippen LogP contribution is 2.12. The first-order valence-electron chi connectivity index (χ1n) is 3.80. The van der Waals surface area contributed by atoms with Crippen LogP contribution in [0.1, 0.15) is 20.8 Å². The van der Waals surface area contributed by atoms with E-state index in [9.17, 15) is 4.79 Å². The smallest absolute Gasteiger partial charge is 0.358 e. The maximum Gasteiger partial charge on any atom is 0.358 e. The van der Waals surface area contributed by atoms with Crippen LogP contribution in [0.3, 0.4) is 0 Å². The predicted molar refractivity (Wildman–Crippen MR) is 44.6 cm³/mol. The topological polar surface area (TPSA) is 52.8 Å². The molecule has 1 rings (SSSR count). The highest BCUT2D eigenvalue weighted by atomic mass is 16.5. The van der Waals surface area contributed by atoms with Crippen molar-refractivity contribution in [3.05, 3.63) is 11.4 Å². The number of ether oxygens (including phenoxy) is 1. The number of carbonyl (C=O) groups is 1. The van der Waals surface area contributed by atoms with Crippen LogP contribution in [0.15, 0.2) is 16.4 Å². The molecule has 1 aliphatic heterocycles. The van der Waals surface area contributed by atoms with E-state index < -0.39 is 5.97 Å². The minimum atomic E-state index is -0.393.